The number of rotatable bonds is 4. The van der Waals surface area contributed by atoms with Gasteiger partial charge in [0, 0.05) is 14.1 Å². The highest BCUT2D eigenvalue weighted by Crippen LogP contribution is 2.25. The van der Waals surface area contributed by atoms with Crippen LogP contribution in [0.4, 0.5) is 16.3 Å². The molecule has 2 rings (SSSR count). The minimum atomic E-state index is -0.457. The first-order valence-corrected chi connectivity index (χ1v) is 5.84. The molecular weight excluding hydrogens is 263 g/mol. The lowest BCUT2D eigenvalue weighted by molar-refractivity contribution is 0.408. The van der Waals surface area contributed by atoms with E-state index in [-0.39, 0.29) is 17.7 Å². The standard InChI is InChI=1S/C12H15FN6O/c1-7-5-4-6-8(9(7)13)20-12-16-10(18-14)15-11(17-12)19(2)3/h4-6H,14H2,1-3H3,(H,15,16,17,18). The lowest BCUT2D eigenvalue weighted by Crippen LogP contribution is -2.17. The summed E-state index contributed by atoms with van der Waals surface area (Å²) in [6.45, 7) is 1.65. The Balaban J connectivity index is 2.37. The Labute approximate surface area is 115 Å². The van der Waals surface area contributed by atoms with Crippen LogP contribution in [0.5, 0.6) is 11.8 Å². The predicted octanol–water partition coefficient (Wildman–Crippen LogP) is 1.46. The van der Waals surface area contributed by atoms with E-state index in [2.05, 4.69) is 20.4 Å². The Morgan fingerprint density at radius 2 is 2.00 bits per heavy atom. The van der Waals surface area contributed by atoms with Crippen LogP contribution in [0.2, 0.25) is 0 Å². The van der Waals surface area contributed by atoms with Crippen LogP contribution in [0, 0.1) is 12.7 Å². The molecule has 20 heavy (non-hydrogen) atoms. The van der Waals surface area contributed by atoms with Crippen molar-refractivity contribution in [2.75, 3.05) is 24.4 Å². The van der Waals surface area contributed by atoms with Crippen LogP contribution in [0.25, 0.3) is 0 Å². The Bertz CT molecular complexity index is 619. The first kappa shape index (κ1) is 13.9. The van der Waals surface area contributed by atoms with Crippen molar-refractivity contribution in [2.24, 2.45) is 5.84 Å². The maximum atomic E-state index is 13.9. The lowest BCUT2D eigenvalue weighted by Gasteiger charge is -2.13. The zero-order valence-corrected chi connectivity index (χ0v) is 11.4. The summed E-state index contributed by atoms with van der Waals surface area (Å²) in [7, 11) is 3.51. The minimum absolute atomic E-state index is 0.0406. The number of hydrazine groups is 1. The van der Waals surface area contributed by atoms with Gasteiger partial charge in [0.2, 0.25) is 11.9 Å². The Kier molecular flexibility index (Phi) is 3.94. The molecule has 2 aromatic rings. The predicted molar refractivity (Wildman–Crippen MR) is 73.2 cm³/mol. The van der Waals surface area contributed by atoms with Crippen molar-refractivity contribution in [1.29, 1.82) is 0 Å². The van der Waals surface area contributed by atoms with Gasteiger partial charge in [-0.05, 0) is 18.6 Å². The second-order valence-corrected chi connectivity index (χ2v) is 4.27. The van der Waals surface area contributed by atoms with Gasteiger partial charge in [-0.15, -0.1) is 0 Å². The van der Waals surface area contributed by atoms with Gasteiger partial charge in [0.05, 0.1) is 0 Å². The van der Waals surface area contributed by atoms with Crippen LogP contribution >= 0.6 is 0 Å². The van der Waals surface area contributed by atoms with Crippen LogP contribution in [0.1, 0.15) is 5.56 Å². The number of aromatic nitrogens is 3. The number of hydrogen-bond donors (Lipinski definition) is 2. The highest BCUT2D eigenvalue weighted by Gasteiger charge is 2.12. The number of ether oxygens (including phenoxy) is 1. The first-order valence-electron chi connectivity index (χ1n) is 5.84. The second-order valence-electron chi connectivity index (χ2n) is 4.27. The quantitative estimate of drug-likeness (QED) is 0.646. The van der Waals surface area contributed by atoms with Gasteiger partial charge >= 0.3 is 6.01 Å². The van der Waals surface area contributed by atoms with Gasteiger partial charge in [0.25, 0.3) is 0 Å². The smallest absolute Gasteiger partial charge is 0.328 e. The Morgan fingerprint density at radius 3 is 2.65 bits per heavy atom. The molecular formula is C12H15FN6O. The monoisotopic (exact) mass is 278 g/mol. The molecule has 0 aliphatic rings. The summed E-state index contributed by atoms with van der Waals surface area (Å²) < 4.78 is 19.2. The molecule has 1 aromatic carbocycles. The fourth-order valence-electron chi connectivity index (χ4n) is 1.45. The van der Waals surface area contributed by atoms with E-state index >= 15 is 0 Å². The van der Waals surface area contributed by atoms with E-state index in [9.17, 15) is 4.39 Å². The molecule has 0 saturated heterocycles. The molecule has 0 amide bonds. The third-order valence-electron chi connectivity index (χ3n) is 2.49. The molecule has 0 fully saturated rings. The van der Waals surface area contributed by atoms with Gasteiger partial charge in [0.1, 0.15) is 0 Å². The molecule has 0 radical (unpaired) electrons. The number of halogens is 1. The Hall–Kier alpha value is -2.48. The number of nitrogens with one attached hydrogen (secondary N) is 1. The van der Waals surface area contributed by atoms with Crippen molar-refractivity contribution in [1.82, 2.24) is 15.0 Å². The summed E-state index contributed by atoms with van der Waals surface area (Å²) in [6, 6.07) is 4.79. The van der Waals surface area contributed by atoms with E-state index in [1.165, 1.54) is 6.07 Å². The van der Waals surface area contributed by atoms with Crippen LogP contribution in [0.15, 0.2) is 18.2 Å². The topological polar surface area (TPSA) is 89.2 Å². The molecule has 0 atom stereocenters. The highest BCUT2D eigenvalue weighted by atomic mass is 19.1. The maximum Gasteiger partial charge on any atom is 0.328 e. The Morgan fingerprint density at radius 1 is 1.25 bits per heavy atom. The zero-order valence-electron chi connectivity index (χ0n) is 11.4. The molecule has 0 saturated carbocycles. The number of benzene rings is 1. The van der Waals surface area contributed by atoms with Crippen molar-refractivity contribution < 1.29 is 9.13 Å². The van der Waals surface area contributed by atoms with Crippen molar-refractivity contribution in [2.45, 2.75) is 6.92 Å². The van der Waals surface area contributed by atoms with E-state index < -0.39 is 5.82 Å². The molecule has 7 nitrogen and oxygen atoms in total. The van der Waals surface area contributed by atoms with Crippen molar-refractivity contribution >= 4 is 11.9 Å². The summed E-state index contributed by atoms with van der Waals surface area (Å²) in [6.07, 6.45) is 0. The number of nitrogens with zero attached hydrogens (tertiary/aromatic N) is 4. The molecule has 1 heterocycles. The summed E-state index contributed by atoms with van der Waals surface area (Å²) in [4.78, 5) is 13.7. The van der Waals surface area contributed by atoms with Gasteiger partial charge in [-0.1, -0.05) is 12.1 Å². The van der Waals surface area contributed by atoms with Gasteiger partial charge in [-0.2, -0.15) is 15.0 Å². The SMILES string of the molecule is Cc1cccc(Oc2nc(NN)nc(N(C)C)n2)c1F. The van der Waals surface area contributed by atoms with Crippen LogP contribution in [0.3, 0.4) is 0 Å². The number of anilines is 2. The fourth-order valence-corrected chi connectivity index (χ4v) is 1.45. The van der Waals surface area contributed by atoms with Gasteiger partial charge in [-0.25, -0.2) is 10.2 Å². The van der Waals surface area contributed by atoms with Gasteiger partial charge in [-0.3, -0.25) is 5.43 Å². The second kappa shape index (κ2) is 5.66. The maximum absolute atomic E-state index is 13.9. The van der Waals surface area contributed by atoms with Crippen molar-refractivity contribution in [3.63, 3.8) is 0 Å². The number of hydrogen-bond acceptors (Lipinski definition) is 7. The number of aryl methyl sites for hydroxylation is 1. The summed E-state index contributed by atoms with van der Waals surface area (Å²) in [5.74, 6) is 5.35. The highest BCUT2D eigenvalue weighted by molar-refractivity contribution is 5.38. The normalized spacial score (nSPS) is 10.2. The molecule has 8 heteroatoms. The van der Waals surface area contributed by atoms with Crippen LogP contribution in [-0.2, 0) is 0 Å². The lowest BCUT2D eigenvalue weighted by atomic mass is 10.2. The third-order valence-corrected chi connectivity index (χ3v) is 2.49. The largest absolute Gasteiger partial charge is 0.421 e. The molecule has 0 unspecified atom stereocenters. The molecule has 0 aliphatic carbocycles. The van der Waals surface area contributed by atoms with E-state index in [1.807, 2.05) is 0 Å². The first-order chi connectivity index (χ1) is 9.51. The summed E-state index contributed by atoms with van der Waals surface area (Å²) >= 11 is 0. The zero-order chi connectivity index (χ0) is 14.7. The molecule has 0 spiro atoms. The molecule has 106 valence electrons. The minimum Gasteiger partial charge on any atom is -0.421 e. The van der Waals surface area contributed by atoms with Gasteiger partial charge < -0.3 is 9.64 Å². The van der Waals surface area contributed by atoms with E-state index in [1.54, 1.807) is 38.1 Å². The van der Waals surface area contributed by atoms with Gasteiger partial charge in [0.15, 0.2) is 11.6 Å². The molecule has 0 aliphatic heterocycles. The molecule has 0 bridgehead atoms. The number of nitrogens with two attached hydrogens (primary N) is 1. The van der Waals surface area contributed by atoms with Crippen molar-refractivity contribution in [3.05, 3.63) is 29.6 Å². The average Bonchev–Trinajstić information content (AvgIpc) is 2.43. The van der Waals surface area contributed by atoms with Crippen LogP contribution < -0.4 is 20.9 Å². The van der Waals surface area contributed by atoms with Crippen LogP contribution in [-0.4, -0.2) is 29.0 Å². The molecule has 3 N–H and O–H groups in total. The van der Waals surface area contributed by atoms with E-state index in [4.69, 9.17) is 10.6 Å². The fraction of sp³-hybridized carbons (Fsp3) is 0.250. The molecule has 1 aromatic heterocycles. The summed E-state index contributed by atoms with van der Waals surface area (Å²) in [5, 5.41) is 0. The summed E-state index contributed by atoms with van der Waals surface area (Å²) in [5.41, 5.74) is 2.79. The van der Waals surface area contributed by atoms with E-state index in [0.29, 0.717) is 11.5 Å². The third kappa shape index (κ3) is 2.91. The van der Waals surface area contributed by atoms with E-state index in [0.717, 1.165) is 0 Å². The average molecular weight is 278 g/mol. The van der Waals surface area contributed by atoms with Crippen molar-refractivity contribution in [3.8, 4) is 11.8 Å². The number of nitrogen functional groups attached to an aromatic ring is 1.